The predicted molar refractivity (Wildman–Crippen MR) is 53.5 cm³/mol. The van der Waals surface area contributed by atoms with Crippen LogP contribution in [0.5, 0.6) is 5.75 Å². The van der Waals surface area contributed by atoms with Gasteiger partial charge in [0.25, 0.3) is 0 Å². The number of ketones is 1. The number of Topliss-reactive ketones (excluding diaryl/α,β-unsaturated/α-hetero) is 1. The second kappa shape index (κ2) is 5.33. The number of benzene rings is 1. The van der Waals surface area contributed by atoms with Gasteiger partial charge in [-0.05, 0) is 19.1 Å². The molecule has 0 N–H and O–H groups in total. The SMILES string of the molecule is CC(=O)c1ccc(OC(F)F)c(C=O)c1C(F)(F)F. The summed E-state index contributed by atoms with van der Waals surface area (Å²) in [6.45, 7) is -2.52. The van der Waals surface area contributed by atoms with Gasteiger partial charge in [0, 0.05) is 5.56 Å². The predicted octanol–water partition coefficient (Wildman–Crippen LogP) is 3.32. The average Bonchev–Trinajstić information content (AvgIpc) is 2.25. The van der Waals surface area contributed by atoms with Crippen molar-refractivity contribution in [2.45, 2.75) is 19.7 Å². The van der Waals surface area contributed by atoms with Crippen LogP contribution in [0, 0.1) is 0 Å². The van der Waals surface area contributed by atoms with Crippen molar-refractivity contribution in [1.82, 2.24) is 0 Å². The highest BCUT2D eigenvalue weighted by Gasteiger charge is 2.39. The quantitative estimate of drug-likeness (QED) is 0.483. The van der Waals surface area contributed by atoms with Crippen LogP contribution in [0.4, 0.5) is 22.0 Å². The van der Waals surface area contributed by atoms with E-state index in [9.17, 15) is 31.5 Å². The number of halogens is 5. The summed E-state index contributed by atoms with van der Waals surface area (Å²) in [5.41, 5.74) is -3.48. The molecule has 1 rings (SSSR count). The van der Waals surface area contributed by atoms with Crippen LogP contribution in [0.15, 0.2) is 12.1 Å². The molecular weight excluding hydrogens is 275 g/mol. The standard InChI is InChI=1S/C11H7F5O3/c1-5(18)6-2-3-8(19-10(12)13)7(4-17)9(6)11(14,15)16/h2-4,10H,1H3. The number of hydrogen-bond acceptors (Lipinski definition) is 3. The van der Waals surface area contributed by atoms with Gasteiger partial charge in [0.15, 0.2) is 12.1 Å². The van der Waals surface area contributed by atoms with Crippen molar-refractivity contribution in [3.63, 3.8) is 0 Å². The summed E-state index contributed by atoms with van der Waals surface area (Å²) in [7, 11) is 0. The molecule has 0 unspecified atom stereocenters. The highest BCUT2D eigenvalue weighted by Crippen LogP contribution is 2.38. The van der Waals surface area contributed by atoms with E-state index in [1.54, 1.807) is 0 Å². The van der Waals surface area contributed by atoms with Gasteiger partial charge in [-0.15, -0.1) is 0 Å². The zero-order valence-corrected chi connectivity index (χ0v) is 9.42. The monoisotopic (exact) mass is 282 g/mol. The number of aldehydes is 1. The van der Waals surface area contributed by atoms with E-state index >= 15 is 0 Å². The van der Waals surface area contributed by atoms with Gasteiger partial charge in [-0.25, -0.2) is 0 Å². The number of carbonyl (C=O) groups excluding carboxylic acids is 2. The number of alkyl halides is 5. The zero-order valence-electron chi connectivity index (χ0n) is 9.42. The van der Waals surface area contributed by atoms with Crippen LogP contribution in [0.3, 0.4) is 0 Å². The van der Waals surface area contributed by atoms with E-state index in [4.69, 9.17) is 0 Å². The maximum absolute atomic E-state index is 12.8. The molecule has 0 heterocycles. The fraction of sp³-hybridized carbons (Fsp3) is 0.273. The summed E-state index contributed by atoms with van der Waals surface area (Å²) in [4.78, 5) is 21.8. The Bertz CT molecular complexity index is 508. The molecule has 0 aliphatic heterocycles. The normalized spacial score (nSPS) is 11.5. The van der Waals surface area contributed by atoms with Gasteiger partial charge in [-0.1, -0.05) is 0 Å². The molecule has 0 bridgehead atoms. The topological polar surface area (TPSA) is 43.4 Å². The van der Waals surface area contributed by atoms with Crippen LogP contribution in [-0.2, 0) is 6.18 Å². The van der Waals surface area contributed by atoms with Crippen molar-refractivity contribution in [3.8, 4) is 5.75 Å². The Morgan fingerprint density at radius 1 is 1.32 bits per heavy atom. The van der Waals surface area contributed by atoms with Crippen LogP contribution in [0.2, 0.25) is 0 Å². The van der Waals surface area contributed by atoms with Gasteiger partial charge in [-0.2, -0.15) is 22.0 Å². The average molecular weight is 282 g/mol. The van der Waals surface area contributed by atoms with E-state index in [0.29, 0.717) is 6.07 Å². The first-order chi connectivity index (χ1) is 8.68. The van der Waals surface area contributed by atoms with Crippen molar-refractivity contribution in [1.29, 1.82) is 0 Å². The summed E-state index contributed by atoms with van der Waals surface area (Å²) in [6, 6.07) is 1.41. The summed E-state index contributed by atoms with van der Waals surface area (Å²) >= 11 is 0. The van der Waals surface area contributed by atoms with Crippen molar-refractivity contribution in [3.05, 3.63) is 28.8 Å². The second-order valence-corrected chi connectivity index (χ2v) is 3.45. The minimum absolute atomic E-state index is 0.271. The molecule has 1 aromatic carbocycles. The molecule has 0 atom stereocenters. The smallest absolute Gasteiger partial charge is 0.417 e. The van der Waals surface area contributed by atoms with E-state index in [1.807, 2.05) is 0 Å². The molecule has 0 saturated carbocycles. The molecule has 0 spiro atoms. The third-order valence-electron chi connectivity index (χ3n) is 2.20. The van der Waals surface area contributed by atoms with Crippen molar-refractivity contribution >= 4 is 12.1 Å². The maximum Gasteiger partial charge on any atom is 0.417 e. The van der Waals surface area contributed by atoms with Crippen LogP contribution in [-0.4, -0.2) is 18.7 Å². The number of carbonyl (C=O) groups is 2. The Morgan fingerprint density at radius 2 is 1.89 bits per heavy atom. The lowest BCUT2D eigenvalue weighted by atomic mass is 9.97. The molecule has 0 saturated heterocycles. The van der Waals surface area contributed by atoms with Crippen LogP contribution < -0.4 is 4.74 Å². The molecule has 0 aromatic heterocycles. The molecule has 0 amide bonds. The van der Waals surface area contributed by atoms with E-state index in [0.717, 1.165) is 13.0 Å². The van der Waals surface area contributed by atoms with Gasteiger partial charge in [0.1, 0.15) is 5.75 Å². The second-order valence-electron chi connectivity index (χ2n) is 3.45. The third kappa shape index (κ3) is 3.27. The summed E-state index contributed by atoms with van der Waals surface area (Å²) in [5, 5.41) is 0. The van der Waals surface area contributed by atoms with Gasteiger partial charge in [0.05, 0.1) is 11.1 Å². The molecular formula is C11H7F5O3. The molecule has 0 aliphatic rings. The van der Waals surface area contributed by atoms with Crippen LogP contribution in [0.1, 0.15) is 33.2 Å². The lowest BCUT2D eigenvalue weighted by Gasteiger charge is -2.16. The first-order valence-corrected chi connectivity index (χ1v) is 4.83. The van der Waals surface area contributed by atoms with Gasteiger partial charge in [-0.3, -0.25) is 9.59 Å². The van der Waals surface area contributed by atoms with Crippen LogP contribution >= 0.6 is 0 Å². The first kappa shape index (κ1) is 15.1. The highest BCUT2D eigenvalue weighted by molar-refractivity contribution is 5.99. The minimum Gasteiger partial charge on any atom is -0.434 e. The van der Waals surface area contributed by atoms with Crippen molar-refractivity contribution < 1.29 is 36.3 Å². The van der Waals surface area contributed by atoms with E-state index in [-0.39, 0.29) is 6.29 Å². The molecule has 0 radical (unpaired) electrons. The Hall–Kier alpha value is -1.99. The summed E-state index contributed by atoms with van der Waals surface area (Å²) < 4.78 is 66.4. The molecule has 0 fully saturated rings. The first-order valence-electron chi connectivity index (χ1n) is 4.83. The molecule has 19 heavy (non-hydrogen) atoms. The molecule has 1 aromatic rings. The lowest BCUT2D eigenvalue weighted by molar-refractivity contribution is -0.138. The summed E-state index contributed by atoms with van der Waals surface area (Å²) in [6.07, 6.45) is -5.31. The molecule has 0 aliphatic carbocycles. The number of ether oxygens (including phenoxy) is 1. The van der Waals surface area contributed by atoms with Gasteiger partial charge in [0.2, 0.25) is 0 Å². The molecule has 3 nitrogen and oxygen atoms in total. The Morgan fingerprint density at radius 3 is 2.26 bits per heavy atom. The fourth-order valence-corrected chi connectivity index (χ4v) is 1.51. The molecule has 8 heteroatoms. The fourth-order valence-electron chi connectivity index (χ4n) is 1.51. The van der Waals surface area contributed by atoms with Gasteiger partial charge < -0.3 is 4.74 Å². The number of hydrogen-bond donors (Lipinski definition) is 0. The molecule has 104 valence electrons. The maximum atomic E-state index is 12.8. The Kier molecular flexibility index (Phi) is 4.23. The highest BCUT2D eigenvalue weighted by atomic mass is 19.4. The minimum atomic E-state index is -5.04. The van der Waals surface area contributed by atoms with Crippen molar-refractivity contribution in [2.24, 2.45) is 0 Å². The Balaban J connectivity index is 3.59. The van der Waals surface area contributed by atoms with E-state index in [1.165, 1.54) is 0 Å². The van der Waals surface area contributed by atoms with E-state index in [2.05, 4.69) is 4.74 Å². The summed E-state index contributed by atoms with van der Waals surface area (Å²) in [5.74, 6) is -1.87. The number of rotatable bonds is 4. The largest absolute Gasteiger partial charge is 0.434 e. The van der Waals surface area contributed by atoms with Crippen molar-refractivity contribution in [2.75, 3.05) is 0 Å². The zero-order chi connectivity index (χ0) is 14.8. The van der Waals surface area contributed by atoms with E-state index < -0.39 is 41.0 Å². The third-order valence-corrected chi connectivity index (χ3v) is 2.20. The van der Waals surface area contributed by atoms with Gasteiger partial charge >= 0.3 is 12.8 Å². The Labute approximate surface area is 104 Å². The van der Waals surface area contributed by atoms with Crippen LogP contribution in [0.25, 0.3) is 0 Å². The lowest BCUT2D eigenvalue weighted by Crippen LogP contribution is -2.17.